The zero-order chi connectivity index (χ0) is 11.7. The van der Waals surface area contributed by atoms with Crippen molar-refractivity contribution in [2.75, 3.05) is 23.7 Å². The summed E-state index contributed by atoms with van der Waals surface area (Å²) in [4.78, 5) is 12.8. The molecule has 1 atom stereocenters. The molecule has 2 rings (SSSR count). The summed E-state index contributed by atoms with van der Waals surface area (Å²) in [7, 11) is 0. The SMILES string of the molecule is NC(=O)C1CCN(c2ccc(N)cc2F)C1. The Morgan fingerprint density at radius 2 is 2.25 bits per heavy atom. The molecule has 4 N–H and O–H groups in total. The average Bonchev–Trinajstić information content (AvgIpc) is 2.66. The fourth-order valence-corrected chi connectivity index (χ4v) is 1.99. The Bertz CT molecular complexity index is 422. The van der Waals surface area contributed by atoms with Gasteiger partial charge in [-0.1, -0.05) is 0 Å². The average molecular weight is 223 g/mol. The van der Waals surface area contributed by atoms with E-state index in [1.807, 2.05) is 4.90 Å². The lowest BCUT2D eigenvalue weighted by Crippen LogP contribution is -2.27. The lowest BCUT2D eigenvalue weighted by atomic mass is 10.1. The summed E-state index contributed by atoms with van der Waals surface area (Å²) in [6.45, 7) is 1.13. The Balaban J connectivity index is 2.17. The minimum atomic E-state index is -0.356. The number of rotatable bonds is 2. The standard InChI is InChI=1S/C11H14FN3O/c12-9-5-8(13)1-2-10(9)15-4-3-7(6-15)11(14)16/h1-2,5,7H,3-4,6,13H2,(H2,14,16). The molecule has 16 heavy (non-hydrogen) atoms. The van der Waals surface area contributed by atoms with Crippen LogP contribution in [0.2, 0.25) is 0 Å². The zero-order valence-electron chi connectivity index (χ0n) is 8.82. The molecule has 0 spiro atoms. The van der Waals surface area contributed by atoms with Crippen LogP contribution < -0.4 is 16.4 Å². The van der Waals surface area contributed by atoms with Crippen molar-refractivity contribution in [3.8, 4) is 0 Å². The number of nitrogen functional groups attached to an aromatic ring is 1. The minimum Gasteiger partial charge on any atom is -0.399 e. The number of hydrogen-bond donors (Lipinski definition) is 2. The summed E-state index contributed by atoms with van der Waals surface area (Å²) in [6.07, 6.45) is 0.680. The van der Waals surface area contributed by atoms with Gasteiger partial charge in [0.25, 0.3) is 0 Å². The first-order valence-corrected chi connectivity index (χ1v) is 5.17. The van der Waals surface area contributed by atoms with Gasteiger partial charge < -0.3 is 16.4 Å². The Kier molecular flexibility index (Phi) is 2.68. The van der Waals surface area contributed by atoms with Crippen LogP contribution in [0.3, 0.4) is 0 Å². The van der Waals surface area contributed by atoms with E-state index < -0.39 is 0 Å². The van der Waals surface area contributed by atoms with Gasteiger partial charge in [-0.05, 0) is 24.6 Å². The third-order valence-electron chi connectivity index (χ3n) is 2.90. The molecule has 5 heteroatoms. The predicted molar refractivity (Wildman–Crippen MR) is 60.3 cm³/mol. The quantitative estimate of drug-likeness (QED) is 0.725. The first-order chi connectivity index (χ1) is 7.58. The van der Waals surface area contributed by atoms with Crippen molar-refractivity contribution < 1.29 is 9.18 Å². The maximum absolute atomic E-state index is 13.6. The Morgan fingerprint density at radius 3 is 2.81 bits per heavy atom. The first kappa shape index (κ1) is 10.7. The van der Waals surface area contributed by atoms with Gasteiger partial charge in [-0.25, -0.2) is 4.39 Å². The summed E-state index contributed by atoms with van der Waals surface area (Å²) >= 11 is 0. The normalized spacial score (nSPS) is 20.1. The molecule has 1 heterocycles. The summed E-state index contributed by atoms with van der Waals surface area (Å²) in [5.74, 6) is -0.861. The second-order valence-corrected chi connectivity index (χ2v) is 4.04. The molecule has 1 aromatic carbocycles. The van der Waals surface area contributed by atoms with E-state index in [2.05, 4.69) is 0 Å². The van der Waals surface area contributed by atoms with Crippen molar-refractivity contribution in [2.45, 2.75) is 6.42 Å². The number of benzene rings is 1. The molecule has 0 aliphatic carbocycles. The molecule has 1 fully saturated rings. The molecule has 1 aliphatic heterocycles. The van der Waals surface area contributed by atoms with Crippen LogP contribution in [0.25, 0.3) is 0 Å². The van der Waals surface area contributed by atoms with Crippen molar-refractivity contribution in [1.29, 1.82) is 0 Å². The van der Waals surface area contributed by atoms with Crippen LogP contribution >= 0.6 is 0 Å². The summed E-state index contributed by atoms with van der Waals surface area (Å²) in [5, 5.41) is 0. The van der Waals surface area contributed by atoms with E-state index in [4.69, 9.17) is 11.5 Å². The van der Waals surface area contributed by atoms with Crippen LogP contribution in [0, 0.1) is 11.7 Å². The highest BCUT2D eigenvalue weighted by atomic mass is 19.1. The smallest absolute Gasteiger partial charge is 0.222 e. The minimum absolute atomic E-state index is 0.183. The fraction of sp³-hybridized carbons (Fsp3) is 0.364. The van der Waals surface area contributed by atoms with Crippen LogP contribution in [-0.4, -0.2) is 19.0 Å². The van der Waals surface area contributed by atoms with E-state index in [1.165, 1.54) is 6.07 Å². The van der Waals surface area contributed by atoms with Crippen molar-refractivity contribution in [1.82, 2.24) is 0 Å². The number of hydrogen-bond acceptors (Lipinski definition) is 3. The summed E-state index contributed by atoms with van der Waals surface area (Å²) in [5.41, 5.74) is 11.6. The number of halogens is 1. The van der Waals surface area contributed by atoms with E-state index in [-0.39, 0.29) is 17.6 Å². The van der Waals surface area contributed by atoms with Crippen LogP contribution in [0.1, 0.15) is 6.42 Å². The van der Waals surface area contributed by atoms with Gasteiger partial charge in [-0.15, -0.1) is 0 Å². The lowest BCUT2D eigenvalue weighted by Gasteiger charge is -2.19. The molecule has 0 saturated carbocycles. The van der Waals surface area contributed by atoms with Crippen LogP contribution in [0.5, 0.6) is 0 Å². The van der Waals surface area contributed by atoms with Gasteiger partial charge in [0.1, 0.15) is 5.82 Å². The van der Waals surface area contributed by atoms with E-state index in [1.54, 1.807) is 12.1 Å². The van der Waals surface area contributed by atoms with E-state index >= 15 is 0 Å². The highest BCUT2D eigenvalue weighted by molar-refractivity contribution is 5.78. The van der Waals surface area contributed by atoms with Gasteiger partial charge in [-0.2, -0.15) is 0 Å². The highest BCUT2D eigenvalue weighted by Gasteiger charge is 2.27. The van der Waals surface area contributed by atoms with Crippen molar-refractivity contribution in [3.63, 3.8) is 0 Å². The summed E-state index contributed by atoms with van der Waals surface area (Å²) in [6, 6.07) is 4.57. The lowest BCUT2D eigenvalue weighted by molar-refractivity contribution is -0.121. The predicted octanol–water partition coefficient (Wildman–Crippen LogP) is 0.719. The molecule has 1 saturated heterocycles. The van der Waals surface area contributed by atoms with Gasteiger partial charge in [0.05, 0.1) is 11.6 Å². The molecule has 86 valence electrons. The van der Waals surface area contributed by atoms with E-state index in [0.717, 1.165) is 0 Å². The molecule has 0 aromatic heterocycles. The number of carbonyl (C=O) groups is 1. The van der Waals surface area contributed by atoms with Crippen molar-refractivity contribution >= 4 is 17.3 Å². The Hall–Kier alpha value is -1.78. The molecule has 1 aromatic rings. The van der Waals surface area contributed by atoms with E-state index in [9.17, 15) is 9.18 Å². The van der Waals surface area contributed by atoms with Crippen molar-refractivity contribution in [2.24, 2.45) is 11.7 Å². The number of primary amides is 1. The molecule has 1 unspecified atom stereocenters. The molecule has 0 radical (unpaired) electrons. The number of anilines is 2. The highest BCUT2D eigenvalue weighted by Crippen LogP contribution is 2.27. The largest absolute Gasteiger partial charge is 0.399 e. The van der Waals surface area contributed by atoms with Gasteiger partial charge >= 0.3 is 0 Å². The molecule has 1 amide bonds. The summed E-state index contributed by atoms with van der Waals surface area (Å²) < 4.78 is 13.6. The van der Waals surface area contributed by atoms with Gasteiger partial charge in [-0.3, -0.25) is 4.79 Å². The van der Waals surface area contributed by atoms with E-state index in [0.29, 0.717) is 30.9 Å². The monoisotopic (exact) mass is 223 g/mol. The Labute approximate surface area is 93.0 Å². The third-order valence-corrected chi connectivity index (χ3v) is 2.90. The molecular weight excluding hydrogens is 209 g/mol. The van der Waals surface area contributed by atoms with Crippen molar-refractivity contribution in [3.05, 3.63) is 24.0 Å². The van der Waals surface area contributed by atoms with Gasteiger partial charge in [0, 0.05) is 18.8 Å². The number of nitrogens with zero attached hydrogens (tertiary/aromatic N) is 1. The second-order valence-electron chi connectivity index (χ2n) is 4.04. The van der Waals surface area contributed by atoms with Gasteiger partial charge in [0.2, 0.25) is 5.91 Å². The second kappa shape index (κ2) is 4.00. The molecular formula is C11H14FN3O. The number of carbonyl (C=O) groups excluding carboxylic acids is 1. The Morgan fingerprint density at radius 1 is 1.50 bits per heavy atom. The molecule has 1 aliphatic rings. The maximum atomic E-state index is 13.6. The number of nitrogens with two attached hydrogens (primary N) is 2. The fourth-order valence-electron chi connectivity index (χ4n) is 1.99. The van der Waals surface area contributed by atoms with Crippen LogP contribution in [0.4, 0.5) is 15.8 Å². The maximum Gasteiger partial charge on any atom is 0.222 e. The zero-order valence-corrected chi connectivity index (χ0v) is 8.82. The van der Waals surface area contributed by atoms with Gasteiger partial charge in [0.15, 0.2) is 0 Å². The molecule has 4 nitrogen and oxygen atoms in total. The van der Waals surface area contributed by atoms with Crippen LogP contribution in [0.15, 0.2) is 18.2 Å². The first-order valence-electron chi connectivity index (χ1n) is 5.17. The topological polar surface area (TPSA) is 72.4 Å². The van der Waals surface area contributed by atoms with Crippen LogP contribution in [-0.2, 0) is 4.79 Å². The molecule has 0 bridgehead atoms. The third kappa shape index (κ3) is 1.93. The number of amides is 1.